The number of carbonyl (C=O) groups is 2. The van der Waals surface area contributed by atoms with E-state index in [2.05, 4.69) is 28.2 Å². The second-order valence-corrected chi connectivity index (χ2v) is 6.21. The predicted molar refractivity (Wildman–Crippen MR) is 82.4 cm³/mol. The standard InChI is InChI=1S/C15H19BrN2O2/c1-11-5-7-18(8-6-11)15(20)10-14(19)17-13-4-2-3-12(16)9-13/h2-4,9,11H,5-8,10H2,1H3,(H,17,19). The summed E-state index contributed by atoms with van der Waals surface area (Å²) in [6.45, 7) is 3.73. The number of rotatable bonds is 3. The number of hydrogen-bond donors (Lipinski definition) is 1. The molecule has 1 aromatic rings. The van der Waals surface area contributed by atoms with Gasteiger partial charge in [0.15, 0.2) is 0 Å². The molecule has 0 atom stereocenters. The van der Waals surface area contributed by atoms with Crippen molar-refractivity contribution in [3.63, 3.8) is 0 Å². The number of benzene rings is 1. The molecule has 1 aliphatic heterocycles. The van der Waals surface area contributed by atoms with E-state index < -0.39 is 0 Å². The van der Waals surface area contributed by atoms with Crippen LogP contribution in [0.1, 0.15) is 26.2 Å². The third-order valence-electron chi connectivity index (χ3n) is 3.56. The van der Waals surface area contributed by atoms with E-state index in [4.69, 9.17) is 0 Å². The summed E-state index contributed by atoms with van der Waals surface area (Å²) in [5.74, 6) is 0.339. The number of likely N-dealkylation sites (tertiary alicyclic amines) is 1. The van der Waals surface area contributed by atoms with E-state index in [1.54, 1.807) is 11.0 Å². The van der Waals surface area contributed by atoms with Crippen LogP contribution in [0.3, 0.4) is 0 Å². The van der Waals surface area contributed by atoms with Gasteiger partial charge in [-0.2, -0.15) is 0 Å². The predicted octanol–water partition coefficient (Wildman–Crippen LogP) is 3.04. The van der Waals surface area contributed by atoms with Crippen molar-refractivity contribution in [2.75, 3.05) is 18.4 Å². The first-order valence-corrected chi connectivity index (χ1v) is 7.67. The zero-order chi connectivity index (χ0) is 14.5. The van der Waals surface area contributed by atoms with E-state index in [0.29, 0.717) is 11.6 Å². The topological polar surface area (TPSA) is 49.4 Å². The van der Waals surface area contributed by atoms with Gasteiger partial charge in [0, 0.05) is 23.2 Å². The summed E-state index contributed by atoms with van der Waals surface area (Å²) in [5.41, 5.74) is 0.699. The second kappa shape index (κ2) is 6.88. The Hall–Kier alpha value is -1.36. The largest absolute Gasteiger partial charge is 0.342 e. The molecule has 0 aromatic heterocycles. The van der Waals surface area contributed by atoms with Gasteiger partial charge in [-0.25, -0.2) is 0 Å². The molecule has 1 saturated heterocycles. The molecule has 0 unspecified atom stereocenters. The van der Waals surface area contributed by atoms with E-state index in [1.165, 1.54) is 0 Å². The van der Waals surface area contributed by atoms with Crippen molar-refractivity contribution in [1.29, 1.82) is 0 Å². The normalized spacial score (nSPS) is 16.0. The Morgan fingerprint density at radius 1 is 1.35 bits per heavy atom. The Labute approximate surface area is 127 Å². The Balaban J connectivity index is 1.83. The molecule has 108 valence electrons. The van der Waals surface area contributed by atoms with Crippen molar-refractivity contribution in [2.24, 2.45) is 5.92 Å². The van der Waals surface area contributed by atoms with Gasteiger partial charge in [-0.1, -0.05) is 28.9 Å². The molecule has 1 N–H and O–H groups in total. The molecule has 0 aliphatic carbocycles. The van der Waals surface area contributed by atoms with E-state index in [9.17, 15) is 9.59 Å². The fourth-order valence-corrected chi connectivity index (χ4v) is 2.68. The van der Waals surface area contributed by atoms with E-state index in [0.717, 1.165) is 30.4 Å². The van der Waals surface area contributed by atoms with Gasteiger partial charge in [0.05, 0.1) is 0 Å². The number of nitrogens with one attached hydrogen (secondary N) is 1. The SMILES string of the molecule is CC1CCN(C(=O)CC(=O)Nc2cccc(Br)c2)CC1. The molecular weight excluding hydrogens is 320 g/mol. The zero-order valence-electron chi connectivity index (χ0n) is 11.6. The van der Waals surface area contributed by atoms with Gasteiger partial charge in [0.1, 0.15) is 6.42 Å². The molecule has 20 heavy (non-hydrogen) atoms. The molecule has 2 amide bonds. The fourth-order valence-electron chi connectivity index (χ4n) is 2.28. The molecule has 0 bridgehead atoms. The minimum absolute atomic E-state index is 0.0793. The average molecular weight is 339 g/mol. The molecule has 0 saturated carbocycles. The van der Waals surface area contributed by atoms with Crippen LogP contribution in [0, 0.1) is 5.92 Å². The molecule has 1 fully saturated rings. The minimum Gasteiger partial charge on any atom is -0.342 e. The number of hydrogen-bond acceptors (Lipinski definition) is 2. The lowest BCUT2D eigenvalue weighted by atomic mass is 9.99. The van der Waals surface area contributed by atoms with Crippen LogP contribution >= 0.6 is 15.9 Å². The molecule has 1 aromatic carbocycles. The summed E-state index contributed by atoms with van der Waals surface area (Å²) in [7, 11) is 0. The second-order valence-electron chi connectivity index (χ2n) is 5.30. The van der Waals surface area contributed by atoms with Crippen LogP contribution in [0.4, 0.5) is 5.69 Å². The summed E-state index contributed by atoms with van der Waals surface area (Å²) in [6.07, 6.45) is 1.97. The third-order valence-corrected chi connectivity index (χ3v) is 4.05. The first kappa shape index (κ1) is 15.0. The van der Waals surface area contributed by atoms with E-state index >= 15 is 0 Å². The van der Waals surface area contributed by atoms with Crippen molar-refractivity contribution >= 4 is 33.4 Å². The molecular formula is C15H19BrN2O2. The summed E-state index contributed by atoms with van der Waals surface area (Å²) in [5, 5.41) is 2.75. The number of halogens is 1. The van der Waals surface area contributed by atoms with Crippen LogP contribution in [-0.4, -0.2) is 29.8 Å². The van der Waals surface area contributed by atoms with Gasteiger partial charge >= 0.3 is 0 Å². The highest BCUT2D eigenvalue weighted by Crippen LogP contribution is 2.18. The van der Waals surface area contributed by atoms with Crippen molar-refractivity contribution in [1.82, 2.24) is 4.90 Å². The molecule has 1 aliphatic rings. The lowest BCUT2D eigenvalue weighted by Crippen LogP contribution is -2.39. The van der Waals surface area contributed by atoms with Crippen molar-refractivity contribution in [2.45, 2.75) is 26.2 Å². The number of amides is 2. The zero-order valence-corrected chi connectivity index (χ0v) is 13.1. The summed E-state index contributed by atoms with van der Waals surface area (Å²) in [6, 6.07) is 7.34. The Bertz CT molecular complexity index is 496. The first-order chi connectivity index (χ1) is 9.54. The maximum absolute atomic E-state index is 12.0. The maximum Gasteiger partial charge on any atom is 0.233 e. The van der Waals surface area contributed by atoms with Gasteiger partial charge in [0.25, 0.3) is 0 Å². The summed E-state index contributed by atoms with van der Waals surface area (Å²) >= 11 is 3.34. The molecule has 0 radical (unpaired) electrons. The third kappa shape index (κ3) is 4.34. The van der Waals surface area contributed by atoms with Crippen molar-refractivity contribution < 1.29 is 9.59 Å². The lowest BCUT2D eigenvalue weighted by molar-refractivity contribution is -0.135. The maximum atomic E-state index is 12.0. The monoisotopic (exact) mass is 338 g/mol. The molecule has 4 nitrogen and oxygen atoms in total. The fraction of sp³-hybridized carbons (Fsp3) is 0.467. The van der Waals surface area contributed by atoms with E-state index in [-0.39, 0.29) is 18.2 Å². The average Bonchev–Trinajstić information content (AvgIpc) is 2.39. The summed E-state index contributed by atoms with van der Waals surface area (Å²) < 4.78 is 0.895. The number of nitrogens with zero attached hydrogens (tertiary/aromatic N) is 1. The summed E-state index contributed by atoms with van der Waals surface area (Å²) in [4.78, 5) is 25.7. The van der Waals surface area contributed by atoms with Crippen molar-refractivity contribution in [3.8, 4) is 0 Å². The quantitative estimate of drug-likeness (QED) is 0.861. The van der Waals surface area contributed by atoms with Crippen LogP contribution in [0.2, 0.25) is 0 Å². The Morgan fingerprint density at radius 3 is 2.70 bits per heavy atom. The van der Waals surface area contributed by atoms with Crippen molar-refractivity contribution in [3.05, 3.63) is 28.7 Å². The van der Waals surface area contributed by atoms with Crippen LogP contribution in [-0.2, 0) is 9.59 Å². The minimum atomic E-state index is -0.258. The number of anilines is 1. The highest BCUT2D eigenvalue weighted by Gasteiger charge is 2.22. The van der Waals surface area contributed by atoms with Gasteiger partial charge in [-0.3, -0.25) is 9.59 Å². The lowest BCUT2D eigenvalue weighted by Gasteiger charge is -2.30. The van der Waals surface area contributed by atoms with Gasteiger partial charge in [-0.05, 0) is 37.0 Å². The smallest absolute Gasteiger partial charge is 0.233 e. The highest BCUT2D eigenvalue weighted by atomic mass is 79.9. The number of piperidine rings is 1. The molecule has 2 rings (SSSR count). The number of carbonyl (C=O) groups excluding carboxylic acids is 2. The molecule has 5 heteroatoms. The Morgan fingerprint density at radius 2 is 2.05 bits per heavy atom. The van der Waals surface area contributed by atoms with Gasteiger partial charge < -0.3 is 10.2 Å². The van der Waals surface area contributed by atoms with Crippen LogP contribution in [0.15, 0.2) is 28.7 Å². The Kier molecular flexibility index (Phi) is 5.17. The van der Waals surface area contributed by atoms with Crippen LogP contribution in [0.5, 0.6) is 0 Å². The first-order valence-electron chi connectivity index (χ1n) is 6.88. The molecule has 1 heterocycles. The van der Waals surface area contributed by atoms with Gasteiger partial charge in [0.2, 0.25) is 11.8 Å². The molecule has 0 spiro atoms. The van der Waals surface area contributed by atoms with Crippen LogP contribution < -0.4 is 5.32 Å². The highest BCUT2D eigenvalue weighted by molar-refractivity contribution is 9.10. The van der Waals surface area contributed by atoms with Crippen LogP contribution in [0.25, 0.3) is 0 Å². The van der Waals surface area contributed by atoms with E-state index in [1.807, 2.05) is 18.2 Å². The van der Waals surface area contributed by atoms with Gasteiger partial charge in [-0.15, -0.1) is 0 Å².